The highest BCUT2D eigenvalue weighted by Gasteiger charge is 2.44. The van der Waals surface area contributed by atoms with Crippen molar-refractivity contribution in [1.82, 2.24) is 0 Å². The molecule has 76 valence electrons. The summed E-state index contributed by atoms with van der Waals surface area (Å²) < 4.78 is 5.36. The lowest BCUT2D eigenvalue weighted by Gasteiger charge is -2.23. The molecule has 0 aromatic heterocycles. The smallest absolute Gasteiger partial charge is 0.231 e. The maximum absolute atomic E-state index is 11.4. The number of primary amides is 1. The molecular weight excluding hydrogens is 178 g/mol. The van der Waals surface area contributed by atoms with E-state index in [-0.39, 0.29) is 5.91 Å². The zero-order valence-electron chi connectivity index (χ0n) is 8.38. The standard InChI is InChI=1S/C11H15NO2/c1-4-8-9(5-2)14-7-11(8,6-3)10(12)13/h4-5H,1-2,6-7H2,3H3,(H2,12,13). The van der Waals surface area contributed by atoms with Crippen LogP contribution in [-0.4, -0.2) is 12.5 Å². The zero-order valence-corrected chi connectivity index (χ0v) is 8.38. The van der Waals surface area contributed by atoms with Gasteiger partial charge in [-0.2, -0.15) is 0 Å². The molecule has 1 atom stereocenters. The van der Waals surface area contributed by atoms with E-state index in [4.69, 9.17) is 10.5 Å². The summed E-state index contributed by atoms with van der Waals surface area (Å²) in [6.07, 6.45) is 3.82. The fourth-order valence-corrected chi connectivity index (χ4v) is 1.73. The van der Waals surface area contributed by atoms with Gasteiger partial charge >= 0.3 is 0 Å². The van der Waals surface area contributed by atoms with Gasteiger partial charge in [0.25, 0.3) is 0 Å². The second-order valence-corrected chi connectivity index (χ2v) is 3.27. The van der Waals surface area contributed by atoms with Crippen LogP contribution in [0.2, 0.25) is 0 Å². The van der Waals surface area contributed by atoms with Crippen LogP contribution >= 0.6 is 0 Å². The predicted octanol–water partition coefficient (Wildman–Crippen LogP) is 1.52. The number of hydrogen-bond acceptors (Lipinski definition) is 2. The third-order valence-electron chi connectivity index (χ3n) is 2.72. The fraction of sp³-hybridized carbons (Fsp3) is 0.364. The summed E-state index contributed by atoms with van der Waals surface area (Å²) in [5.41, 5.74) is 5.43. The Hall–Kier alpha value is -1.51. The first-order valence-corrected chi connectivity index (χ1v) is 4.54. The number of allylic oxidation sites excluding steroid dienone is 2. The van der Waals surface area contributed by atoms with Gasteiger partial charge in [0, 0.05) is 5.57 Å². The third-order valence-corrected chi connectivity index (χ3v) is 2.72. The van der Waals surface area contributed by atoms with Gasteiger partial charge in [-0.3, -0.25) is 4.79 Å². The molecule has 0 spiro atoms. The van der Waals surface area contributed by atoms with Crippen molar-refractivity contribution < 1.29 is 9.53 Å². The van der Waals surface area contributed by atoms with Crippen molar-refractivity contribution in [1.29, 1.82) is 0 Å². The number of ether oxygens (including phenoxy) is 1. The summed E-state index contributed by atoms with van der Waals surface area (Å²) >= 11 is 0. The molecule has 0 aromatic carbocycles. The number of carbonyl (C=O) groups excluding carboxylic acids is 1. The largest absolute Gasteiger partial charge is 0.492 e. The summed E-state index contributed by atoms with van der Waals surface area (Å²) in [7, 11) is 0. The van der Waals surface area contributed by atoms with Crippen LogP contribution in [-0.2, 0) is 9.53 Å². The van der Waals surface area contributed by atoms with Crippen LogP contribution in [0.1, 0.15) is 13.3 Å². The normalized spacial score (nSPS) is 25.8. The monoisotopic (exact) mass is 193 g/mol. The fourth-order valence-electron chi connectivity index (χ4n) is 1.73. The van der Waals surface area contributed by atoms with Crippen LogP contribution in [0.25, 0.3) is 0 Å². The van der Waals surface area contributed by atoms with Gasteiger partial charge in [0.05, 0.1) is 0 Å². The van der Waals surface area contributed by atoms with E-state index in [9.17, 15) is 4.79 Å². The topological polar surface area (TPSA) is 52.3 Å². The van der Waals surface area contributed by atoms with E-state index in [1.54, 1.807) is 12.2 Å². The molecule has 0 saturated carbocycles. The molecule has 3 heteroatoms. The molecule has 14 heavy (non-hydrogen) atoms. The Bertz CT molecular complexity index is 317. The number of carbonyl (C=O) groups is 1. The van der Waals surface area contributed by atoms with E-state index in [1.807, 2.05) is 6.92 Å². The molecule has 0 aromatic rings. The summed E-state index contributed by atoms with van der Waals surface area (Å²) in [5.74, 6) is 0.243. The molecule has 0 radical (unpaired) electrons. The van der Waals surface area contributed by atoms with Crippen molar-refractivity contribution in [3.63, 3.8) is 0 Å². The van der Waals surface area contributed by atoms with E-state index < -0.39 is 5.41 Å². The number of nitrogens with two attached hydrogens (primary N) is 1. The van der Waals surface area contributed by atoms with Gasteiger partial charge in [-0.15, -0.1) is 0 Å². The summed E-state index contributed by atoms with van der Waals surface area (Å²) in [6, 6.07) is 0. The number of hydrogen-bond donors (Lipinski definition) is 1. The van der Waals surface area contributed by atoms with Gasteiger partial charge in [-0.1, -0.05) is 26.2 Å². The van der Waals surface area contributed by atoms with Crippen LogP contribution in [0, 0.1) is 5.41 Å². The first kappa shape index (κ1) is 10.6. The number of amides is 1. The molecule has 1 amide bonds. The van der Waals surface area contributed by atoms with Gasteiger partial charge in [0.2, 0.25) is 5.91 Å². The van der Waals surface area contributed by atoms with Crippen LogP contribution in [0.4, 0.5) is 0 Å². The van der Waals surface area contributed by atoms with Gasteiger partial charge in [-0.25, -0.2) is 0 Å². The first-order chi connectivity index (χ1) is 6.62. The van der Waals surface area contributed by atoms with Crippen molar-refractivity contribution in [3.05, 3.63) is 36.6 Å². The Kier molecular flexibility index (Phi) is 2.79. The summed E-state index contributed by atoms with van der Waals surface area (Å²) in [6.45, 7) is 9.49. The SMILES string of the molecule is C=CC1=C(C=C)C(CC)(C(N)=O)CO1. The van der Waals surface area contributed by atoms with E-state index in [1.165, 1.54) is 0 Å². The molecule has 0 fully saturated rings. The maximum atomic E-state index is 11.4. The Morgan fingerprint density at radius 3 is 2.64 bits per heavy atom. The Morgan fingerprint density at radius 2 is 2.29 bits per heavy atom. The van der Waals surface area contributed by atoms with E-state index in [0.717, 1.165) is 5.57 Å². The number of rotatable bonds is 4. The molecule has 2 N–H and O–H groups in total. The van der Waals surface area contributed by atoms with E-state index in [2.05, 4.69) is 13.2 Å². The van der Waals surface area contributed by atoms with Gasteiger partial charge < -0.3 is 10.5 Å². The van der Waals surface area contributed by atoms with Crippen LogP contribution < -0.4 is 5.73 Å². The van der Waals surface area contributed by atoms with Crippen LogP contribution in [0.5, 0.6) is 0 Å². The van der Waals surface area contributed by atoms with Gasteiger partial charge in [0.15, 0.2) is 0 Å². The molecule has 1 heterocycles. The van der Waals surface area contributed by atoms with Crippen molar-refractivity contribution >= 4 is 5.91 Å². The van der Waals surface area contributed by atoms with Crippen molar-refractivity contribution in [2.75, 3.05) is 6.61 Å². The lowest BCUT2D eigenvalue weighted by Crippen LogP contribution is -2.38. The molecule has 1 rings (SSSR count). The quantitative estimate of drug-likeness (QED) is 0.736. The highest BCUT2D eigenvalue weighted by molar-refractivity contribution is 5.86. The molecule has 0 bridgehead atoms. The molecule has 0 aliphatic carbocycles. The minimum Gasteiger partial charge on any atom is -0.492 e. The van der Waals surface area contributed by atoms with E-state index in [0.29, 0.717) is 18.8 Å². The van der Waals surface area contributed by atoms with Crippen molar-refractivity contribution in [2.24, 2.45) is 11.1 Å². The lowest BCUT2D eigenvalue weighted by molar-refractivity contribution is -0.126. The minimum absolute atomic E-state index is 0.293. The Labute approximate surface area is 83.9 Å². The van der Waals surface area contributed by atoms with Gasteiger partial charge in [-0.05, 0) is 12.5 Å². The second-order valence-electron chi connectivity index (χ2n) is 3.27. The summed E-state index contributed by atoms with van der Waals surface area (Å²) in [4.78, 5) is 11.4. The molecule has 1 unspecified atom stereocenters. The predicted molar refractivity (Wildman–Crippen MR) is 55.3 cm³/mol. The Balaban J connectivity index is 3.25. The van der Waals surface area contributed by atoms with Gasteiger partial charge in [0.1, 0.15) is 17.8 Å². The van der Waals surface area contributed by atoms with Crippen LogP contribution in [0.3, 0.4) is 0 Å². The second kappa shape index (κ2) is 3.70. The van der Waals surface area contributed by atoms with Crippen LogP contribution in [0.15, 0.2) is 36.6 Å². The molecule has 0 saturated heterocycles. The summed E-state index contributed by atoms with van der Waals surface area (Å²) in [5, 5.41) is 0. The first-order valence-electron chi connectivity index (χ1n) is 4.54. The molecular formula is C11H15NO2. The third kappa shape index (κ3) is 1.25. The van der Waals surface area contributed by atoms with Crippen molar-refractivity contribution in [3.8, 4) is 0 Å². The molecule has 1 aliphatic heterocycles. The van der Waals surface area contributed by atoms with Crippen molar-refractivity contribution in [2.45, 2.75) is 13.3 Å². The average Bonchev–Trinajstić information content (AvgIpc) is 2.56. The highest BCUT2D eigenvalue weighted by Crippen LogP contribution is 2.40. The maximum Gasteiger partial charge on any atom is 0.231 e. The lowest BCUT2D eigenvalue weighted by atomic mass is 9.78. The highest BCUT2D eigenvalue weighted by atomic mass is 16.5. The minimum atomic E-state index is -0.717. The Morgan fingerprint density at radius 1 is 1.64 bits per heavy atom. The average molecular weight is 193 g/mol. The van der Waals surface area contributed by atoms with E-state index >= 15 is 0 Å². The zero-order chi connectivity index (χ0) is 10.8. The molecule has 3 nitrogen and oxygen atoms in total. The molecule has 1 aliphatic rings.